The molecule has 2 heterocycles. The van der Waals surface area contributed by atoms with Crippen LogP contribution >= 0.6 is 15.9 Å². The molecule has 0 aliphatic carbocycles. The zero-order valence-corrected chi connectivity index (χ0v) is 13.4. The first-order valence-corrected chi connectivity index (χ1v) is 7.39. The zero-order chi connectivity index (χ0) is 15.8. The second-order valence-electron chi connectivity index (χ2n) is 5.27. The van der Waals surface area contributed by atoms with Gasteiger partial charge in [0.1, 0.15) is 12.0 Å². The van der Waals surface area contributed by atoms with Gasteiger partial charge in [0.05, 0.1) is 14.8 Å². The molecule has 1 fully saturated rings. The molecule has 114 valence electrons. The van der Waals surface area contributed by atoms with Gasteiger partial charge in [0.25, 0.3) is 5.69 Å². The Balaban J connectivity index is 2.35. The predicted octanol–water partition coefficient (Wildman–Crippen LogP) is 2.75. The number of carboxylic acid groups (broad SMARTS) is 1. The number of aliphatic carboxylic acids is 1. The van der Waals surface area contributed by atoms with Crippen molar-refractivity contribution in [3.05, 3.63) is 26.3 Å². The van der Waals surface area contributed by atoms with E-state index in [9.17, 15) is 20.0 Å². The van der Waals surface area contributed by atoms with Crippen LogP contribution in [0.15, 0.2) is 10.7 Å². The maximum absolute atomic E-state index is 11.5. The van der Waals surface area contributed by atoms with Crippen LogP contribution in [0.25, 0.3) is 0 Å². The van der Waals surface area contributed by atoms with Crippen molar-refractivity contribution in [2.45, 2.75) is 26.7 Å². The minimum atomic E-state index is -0.803. The van der Waals surface area contributed by atoms with Gasteiger partial charge >= 0.3 is 5.97 Å². The number of hydrogen-bond acceptors (Lipinski definition) is 5. The third kappa shape index (κ3) is 2.59. The van der Waals surface area contributed by atoms with Crippen LogP contribution in [-0.2, 0) is 4.79 Å². The van der Waals surface area contributed by atoms with E-state index in [0.29, 0.717) is 41.8 Å². The van der Waals surface area contributed by atoms with E-state index in [1.807, 2.05) is 11.8 Å². The van der Waals surface area contributed by atoms with Gasteiger partial charge in [0, 0.05) is 18.7 Å². The fraction of sp³-hybridized carbons (Fsp3) is 0.538. The molecule has 1 unspecified atom stereocenters. The molecule has 21 heavy (non-hydrogen) atoms. The highest BCUT2D eigenvalue weighted by Gasteiger charge is 2.44. The van der Waals surface area contributed by atoms with Crippen LogP contribution in [0.5, 0.6) is 0 Å². The Morgan fingerprint density at radius 1 is 1.67 bits per heavy atom. The number of halogens is 1. The highest BCUT2D eigenvalue weighted by atomic mass is 79.9. The van der Waals surface area contributed by atoms with Crippen LogP contribution in [0.4, 0.5) is 11.5 Å². The van der Waals surface area contributed by atoms with E-state index in [1.165, 1.54) is 6.20 Å². The molecule has 0 aromatic carbocycles. The molecule has 0 radical (unpaired) electrons. The lowest BCUT2D eigenvalue weighted by molar-refractivity contribution is -0.385. The standard InChI is InChI=1S/C13H16BrN3O4/c1-3-13(12(18)19)4-5-16(7-13)11-10(14)8(2)9(6-15-11)17(20)21/h6H,3-5,7H2,1-2H3,(H,18,19). The third-order valence-electron chi connectivity index (χ3n) is 4.20. The summed E-state index contributed by atoms with van der Waals surface area (Å²) in [7, 11) is 0. The van der Waals surface area contributed by atoms with E-state index in [0.717, 1.165) is 0 Å². The average molecular weight is 358 g/mol. The SMILES string of the molecule is CCC1(C(=O)O)CCN(c2ncc([N+](=O)[O-])c(C)c2Br)C1. The number of nitrogens with zero attached hydrogens (tertiary/aromatic N) is 3. The molecule has 1 aliphatic heterocycles. The predicted molar refractivity (Wildman–Crippen MR) is 80.5 cm³/mol. The van der Waals surface area contributed by atoms with Crippen molar-refractivity contribution >= 4 is 33.4 Å². The highest BCUT2D eigenvalue weighted by Crippen LogP contribution is 2.40. The van der Waals surface area contributed by atoms with Crippen LogP contribution in [0.1, 0.15) is 25.3 Å². The van der Waals surface area contributed by atoms with Crippen molar-refractivity contribution in [3.63, 3.8) is 0 Å². The summed E-state index contributed by atoms with van der Waals surface area (Å²) in [4.78, 5) is 27.9. The van der Waals surface area contributed by atoms with E-state index in [1.54, 1.807) is 6.92 Å². The molecule has 0 bridgehead atoms. The number of carboxylic acids is 1. The second-order valence-corrected chi connectivity index (χ2v) is 6.07. The normalized spacial score (nSPS) is 21.6. The number of nitro groups is 1. The van der Waals surface area contributed by atoms with Crippen LogP contribution in [0.3, 0.4) is 0 Å². The van der Waals surface area contributed by atoms with Gasteiger partial charge in [-0.1, -0.05) is 6.92 Å². The van der Waals surface area contributed by atoms with Gasteiger partial charge in [-0.25, -0.2) is 4.98 Å². The molecule has 0 spiro atoms. The van der Waals surface area contributed by atoms with E-state index in [-0.39, 0.29) is 5.69 Å². The van der Waals surface area contributed by atoms with Crippen LogP contribution < -0.4 is 4.90 Å². The van der Waals surface area contributed by atoms with Crippen molar-refractivity contribution in [2.75, 3.05) is 18.0 Å². The number of aromatic nitrogens is 1. The summed E-state index contributed by atoms with van der Waals surface area (Å²) >= 11 is 3.35. The van der Waals surface area contributed by atoms with Crippen molar-refractivity contribution in [1.82, 2.24) is 4.98 Å². The van der Waals surface area contributed by atoms with Gasteiger partial charge in [-0.05, 0) is 35.7 Å². The first kappa shape index (κ1) is 15.7. The topological polar surface area (TPSA) is 96.6 Å². The summed E-state index contributed by atoms with van der Waals surface area (Å²) < 4.78 is 0.550. The summed E-state index contributed by atoms with van der Waals surface area (Å²) in [6.07, 6.45) is 2.31. The van der Waals surface area contributed by atoms with Gasteiger partial charge < -0.3 is 10.0 Å². The van der Waals surface area contributed by atoms with Crippen molar-refractivity contribution in [1.29, 1.82) is 0 Å². The Labute approximate surface area is 130 Å². The molecular weight excluding hydrogens is 342 g/mol. The van der Waals surface area contributed by atoms with Gasteiger partial charge in [-0.15, -0.1) is 0 Å². The highest BCUT2D eigenvalue weighted by molar-refractivity contribution is 9.10. The maximum atomic E-state index is 11.5. The smallest absolute Gasteiger partial charge is 0.311 e. The van der Waals surface area contributed by atoms with Gasteiger partial charge in [0.2, 0.25) is 0 Å². The van der Waals surface area contributed by atoms with Gasteiger partial charge in [0.15, 0.2) is 0 Å². The number of pyridine rings is 1. The molecule has 1 saturated heterocycles. The quantitative estimate of drug-likeness (QED) is 0.657. The Morgan fingerprint density at radius 3 is 2.81 bits per heavy atom. The lowest BCUT2D eigenvalue weighted by atomic mass is 9.84. The van der Waals surface area contributed by atoms with Crippen molar-refractivity contribution in [2.24, 2.45) is 5.41 Å². The average Bonchev–Trinajstić information content (AvgIpc) is 2.87. The van der Waals surface area contributed by atoms with Gasteiger partial charge in [-0.3, -0.25) is 14.9 Å². The Bertz CT molecular complexity index is 607. The van der Waals surface area contributed by atoms with E-state index < -0.39 is 16.3 Å². The number of carbonyl (C=O) groups is 1. The minimum Gasteiger partial charge on any atom is -0.481 e. The lowest BCUT2D eigenvalue weighted by Crippen LogP contribution is -2.34. The van der Waals surface area contributed by atoms with Crippen LogP contribution in [0, 0.1) is 22.5 Å². The molecule has 1 aliphatic rings. The van der Waals surface area contributed by atoms with Crippen molar-refractivity contribution < 1.29 is 14.8 Å². The maximum Gasteiger partial charge on any atom is 0.311 e. The number of anilines is 1. The molecule has 1 aromatic heterocycles. The summed E-state index contributed by atoms with van der Waals surface area (Å²) in [5, 5.41) is 20.3. The van der Waals surface area contributed by atoms with Crippen LogP contribution in [0.2, 0.25) is 0 Å². The van der Waals surface area contributed by atoms with E-state index in [4.69, 9.17) is 0 Å². The molecule has 7 nitrogen and oxygen atoms in total. The molecule has 8 heteroatoms. The molecule has 1 atom stereocenters. The second kappa shape index (κ2) is 5.59. The van der Waals surface area contributed by atoms with E-state index >= 15 is 0 Å². The molecule has 0 amide bonds. The number of rotatable bonds is 4. The fourth-order valence-electron chi connectivity index (χ4n) is 2.63. The number of hydrogen-bond donors (Lipinski definition) is 1. The lowest BCUT2D eigenvalue weighted by Gasteiger charge is -2.24. The Kier molecular flexibility index (Phi) is 4.18. The Hall–Kier alpha value is -1.70. The molecule has 1 aromatic rings. The fourth-order valence-corrected chi connectivity index (χ4v) is 3.18. The van der Waals surface area contributed by atoms with E-state index in [2.05, 4.69) is 20.9 Å². The summed E-state index contributed by atoms with van der Waals surface area (Å²) in [6.45, 7) is 4.44. The largest absolute Gasteiger partial charge is 0.481 e. The summed E-state index contributed by atoms with van der Waals surface area (Å²) in [5.74, 6) is -0.239. The van der Waals surface area contributed by atoms with Crippen molar-refractivity contribution in [3.8, 4) is 0 Å². The molecule has 2 rings (SSSR count). The monoisotopic (exact) mass is 357 g/mol. The molecule has 1 N–H and O–H groups in total. The summed E-state index contributed by atoms with van der Waals surface area (Å²) in [5.41, 5.74) is -0.323. The minimum absolute atomic E-state index is 0.0511. The van der Waals surface area contributed by atoms with Gasteiger partial charge in [-0.2, -0.15) is 0 Å². The molecular formula is C13H16BrN3O4. The van der Waals surface area contributed by atoms with Crippen LogP contribution in [-0.4, -0.2) is 34.1 Å². The zero-order valence-electron chi connectivity index (χ0n) is 11.8. The Morgan fingerprint density at radius 2 is 2.33 bits per heavy atom. The molecule has 0 saturated carbocycles. The third-order valence-corrected chi connectivity index (χ3v) is 5.15. The first-order chi connectivity index (χ1) is 9.82. The summed E-state index contributed by atoms with van der Waals surface area (Å²) in [6, 6.07) is 0. The first-order valence-electron chi connectivity index (χ1n) is 6.60.